The van der Waals surface area contributed by atoms with Crippen LogP contribution in [0.2, 0.25) is 0 Å². The first-order valence-electron chi connectivity index (χ1n) is 4.99. The van der Waals surface area contributed by atoms with Crippen LogP contribution in [0.1, 0.15) is 25.7 Å². The molecule has 0 unspecified atom stereocenters. The Morgan fingerprint density at radius 2 is 2.33 bits per heavy atom. The van der Waals surface area contributed by atoms with Gasteiger partial charge in [0.05, 0.1) is 6.07 Å². The SMILES string of the molecule is N#CC1(C(=O)Nc2ncc[nH]2)CCCC1. The van der Waals surface area contributed by atoms with Gasteiger partial charge in [-0.2, -0.15) is 5.26 Å². The number of nitrogens with zero attached hydrogens (tertiary/aromatic N) is 2. The van der Waals surface area contributed by atoms with E-state index in [1.54, 1.807) is 12.4 Å². The lowest BCUT2D eigenvalue weighted by molar-refractivity contribution is -0.122. The zero-order valence-corrected chi connectivity index (χ0v) is 8.29. The van der Waals surface area contributed by atoms with Crippen molar-refractivity contribution in [3.05, 3.63) is 12.4 Å². The maximum atomic E-state index is 11.9. The molecule has 1 aliphatic rings. The molecule has 5 heteroatoms. The third kappa shape index (κ3) is 1.71. The van der Waals surface area contributed by atoms with Crippen LogP contribution < -0.4 is 5.32 Å². The van der Waals surface area contributed by atoms with Crippen LogP contribution in [-0.2, 0) is 4.79 Å². The number of aromatic amines is 1. The molecule has 1 aliphatic carbocycles. The topological polar surface area (TPSA) is 81.6 Å². The van der Waals surface area contributed by atoms with E-state index in [9.17, 15) is 4.79 Å². The van der Waals surface area contributed by atoms with Crippen molar-refractivity contribution in [2.24, 2.45) is 5.41 Å². The lowest BCUT2D eigenvalue weighted by Crippen LogP contribution is -2.32. The Labute approximate surface area is 87.5 Å². The minimum absolute atomic E-state index is 0.238. The third-order valence-corrected chi connectivity index (χ3v) is 2.84. The van der Waals surface area contributed by atoms with E-state index in [2.05, 4.69) is 21.4 Å². The zero-order valence-electron chi connectivity index (χ0n) is 8.29. The van der Waals surface area contributed by atoms with Gasteiger partial charge in [0.2, 0.25) is 11.9 Å². The van der Waals surface area contributed by atoms with Crippen molar-refractivity contribution < 1.29 is 4.79 Å². The summed E-state index contributed by atoms with van der Waals surface area (Å²) >= 11 is 0. The van der Waals surface area contributed by atoms with Crippen molar-refractivity contribution in [2.45, 2.75) is 25.7 Å². The Morgan fingerprint density at radius 1 is 1.60 bits per heavy atom. The molecule has 0 atom stereocenters. The minimum Gasteiger partial charge on any atom is -0.331 e. The summed E-state index contributed by atoms with van der Waals surface area (Å²) in [4.78, 5) is 18.5. The molecule has 1 amide bonds. The van der Waals surface area contributed by atoms with Gasteiger partial charge in [-0.3, -0.25) is 10.1 Å². The first-order valence-corrected chi connectivity index (χ1v) is 4.99. The van der Waals surface area contributed by atoms with E-state index in [-0.39, 0.29) is 5.91 Å². The highest BCUT2D eigenvalue weighted by Crippen LogP contribution is 2.38. The van der Waals surface area contributed by atoms with Crippen molar-refractivity contribution >= 4 is 11.9 Å². The number of imidazole rings is 1. The number of H-pyrrole nitrogens is 1. The van der Waals surface area contributed by atoms with Gasteiger partial charge in [-0.15, -0.1) is 0 Å². The van der Waals surface area contributed by atoms with Crippen LogP contribution in [0.15, 0.2) is 12.4 Å². The second-order valence-corrected chi connectivity index (χ2v) is 3.79. The van der Waals surface area contributed by atoms with Crippen LogP contribution in [0.25, 0.3) is 0 Å². The first kappa shape index (κ1) is 9.71. The van der Waals surface area contributed by atoms with Gasteiger partial charge in [0.15, 0.2) is 0 Å². The fourth-order valence-corrected chi connectivity index (χ4v) is 1.93. The van der Waals surface area contributed by atoms with Crippen molar-refractivity contribution in [3.8, 4) is 6.07 Å². The number of anilines is 1. The number of aromatic nitrogens is 2. The number of hydrogen-bond acceptors (Lipinski definition) is 3. The molecular weight excluding hydrogens is 192 g/mol. The predicted molar refractivity (Wildman–Crippen MR) is 53.7 cm³/mol. The van der Waals surface area contributed by atoms with Crippen molar-refractivity contribution in [1.82, 2.24) is 9.97 Å². The molecule has 0 aliphatic heterocycles. The van der Waals surface area contributed by atoms with Gasteiger partial charge in [-0.1, -0.05) is 12.8 Å². The van der Waals surface area contributed by atoms with Crippen molar-refractivity contribution in [3.63, 3.8) is 0 Å². The van der Waals surface area contributed by atoms with Crippen LogP contribution in [0.5, 0.6) is 0 Å². The van der Waals surface area contributed by atoms with E-state index in [0.29, 0.717) is 18.8 Å². The monoisotopic (exact) mass is 204 g/mol. The molecule has 2 N–H and O–H groups in total. The maximum absolute atomic E-state index is 11.9. The quantitative estimate of drug-likeness (QED) is 0.764. The average Bonchev–Trinajstić information content (AvgIpc) is 2.87. The summed E-state index contributed by atoms with van der Waals surface area (Å²) < 4.78 is 0. The predicted octanol–water partition coefficient (Wildman–Crippen LogP) is 1.43. The molecule has 0 radical (unpaired) electrons. The largest absolute Gasteiger partial charge is 0.331 e. The van der Waals surface area contributed by atoms with Crippen molar-refractivity contribution in [2.75, 3.05) is 5.32 Å². The fraction of sp³-hybridized carbons (Fsp3) is 0.500. The van der Waals surface area contributed by atoms with Crippen LogP contribution in [0, 0.1) is 16.7 Å². The van der Waals surface area contributed by atoms with E-state index in [0.717, 1.165) is 12.8 Å². The molecule has 0 aromatic carbocycles. The fourth-order valence-electron chi connectivity index (χ4n) is 1.93. The molecule has 1 saturated carbocycles. The molecule has 78 valence electrons. The lowest BCUT2D eigenvalue weighted by Gasteiger charge is -2.17. The zero-order chi connectivity index (χ0) is 10.7. The van der Waals surface area contributed by atoms with Gasteiger partial charge < -0.3 is 4.98 Å². The molecule has 0 bridgehead atoms. The summed E-state index contributed by atoms with van der Waals surface area (Å²) in [6.45, 7) is 0. The Morgan fingerprint density at radius 3 is 2.87 bits per heavy atom. The molecule has 0 saturated heterocycles. The van der Waals surface area contributed by atoms with E-state index in [1.165, 1.54) is 0 Å². The summed E-state index contributed by atoms with van der Waals surface area (Å²) in [5.74, 6) is 0.166. The summed E-state index contributed by atoms with van der Waals surface area (Å²) in [7, 11) is 0. The standard InChI is InChI=1S/C10H12N4O/c11-7-10(3-1-2-4-10)8(15)14-9-12-5-6-13-9/h5-6H,1-4H2,(H2,12,13,14,15). The van der Waals surface area contributed by atoms with Gasteiger partial charge in [0, 0.05) is 12.4 Å². The van der Waals surface area contributed by atoms with Gasteiger partial charge in [0.25, 0.3) is 0 Å². The number of rotatable bonds is 2. The molecule has 1 aromatic heterocycles. The van der Waals surface area contributed by atoms with Gasteiger partial charge in [0.1, 0.15) is 5.41 Å². The van der Waals surface area contributed by atoms with E-state index in [4.69, 9.17) is 5.26 Å². The maximum Gasteiger partial charge on any atom is 0.247 e. The van der Waals surface area contributed by atoms with Crippen LogP contribution in [-0.4, -0.2) is 15.9 Å². The highest BCUT2D eigenvalue weighted by molar-refractivity contribution is 5.96. The van der Waals surface area contributed by atoms with Crippen LogP contribution in [0.4, 0.5) is 5.95 Å². The van der Waals surface area contributed by atoms with E-state index >= 15 is 0 Å². The number of hydrogen-bond donors (Lipinski definition) is 2. The van der Waals surface area contributed by atoms with E-state index < -0.39 is 5.41 Å². The molecule has 1 fully saturated rings. The number of amides is 1. The molecule has 0 spiro atoms. The van der Waals surface area contributed by atoms with Gasteiger partial charge >= 0.3 is 0 Å². The second kappa shape index (κ2) is 3.73. The average molecular weight is 204 g/mol. The van der Waals surface area contributed by atoms with E-state index in [1.807, 2.05) is 0 Å². The number of carbonyl (C=O) groups excluding carboxylic acids is 1. The smallest absolute Gasteiger partial charge is 0.247 e. The summed E-state index contributed by atoms with van der Waals surface area (Å²) in [6.07, 6.45) is 6.37. The Hall–Kier alpha value is -1.83. The molecule has 1 aromatic rings. The highest BCUT2D eigenvalue weighted by atomic mass is 16.2. The third-order valence-electron chi connectivity index (χ3n) is 2.84. The molecule has 15 heavy (non-hydrogen) atoms. The second-order valence-electron chi connectivity index (χ2n) is 3.79. The Balaban J connectivity index is 2.10. The Kier molecular flexibility index (Phi) is 2.42. The molecular formula is C10H12N4O. The summed E-state index contributed by atoms with van der Waals surface area (Å²) in [5, 5.41) is 11.7. The number of nitriles is 1. The van der Waals surface area contributed by atoms with Crippen molar-refractivity contribution in [1.29, 1.82) is 5.26 Å². The van der Waals surface area contributed by atoms with Gasteiger partial charge in [-0.05, 0) is 12.8 Å². The summed E-state index contributed by atoms with van der Waals surface area (Å²) in [6, 6.07) is 2.14. The van der Waals surface area contributed by atoms with Crippen LogP contribution in [0.3, 0.4) is 0 Å². The molecule has 1 heterocycles. The van der Waals surface area contributed by atoms with Gasteiger partial charge in [-0.25, -0.2) is 4.98 Å². The summed E-state index contributed by atoms with van der Waals surface area (Å²) in [5.41, 5.74) is -0.840. The molecule has 5 nitrogen and oxygen atoms in total. The Bertz CT molecular complexity index is 384. The number of nitrogens with one attached hydrogen (secondary N) is 2. The molecule has 2 rings (SSSR count). The number of carbonyl (C=O) groups is 1. The first-order chi connectivity index (χ1) is 7.27. The van der Waals surface area contributed by atoms with Crippen LogP contribution >= 0.6 is 0 Å². The highest BCUT2D eigenvalue weighted by Gasteiger charge is 2.41. The lowest BCUT2D eigenvalue weighted by atomic mass is 9.87. The normalized spacial score (nSPS) is 18.3. The minimum atomic E-state index is -0.840.